The van der Waals surface area contributed by atoms with Crippen LogP contribution in [0, 0.1) is 0 Å². The summed E-state index contributed by atoms with van der Waals surface area (Å²) in [7, 11) is 3.46. The summed E-state index contributed by atoms with van der Waals surface area (Å²) in [6.07, 6.45) is 3.41. The molecule has 1 aromatic carbocycles. The number of benzene rings is 1. The molecule has 0 radical (unpaired) electrons. The molecule has 0 spiro atoms. The molecule has 9 heteroatoms. The van der Waals surface area contributed by atoms with E-state index in [0.29, 0.717) is 12.5 Å². The second-order valence-electron chi connectivity index (χ2n) is 7.26. The van der Waals surface area contributed by atoms with E-state index in [1.165, 1.54) is 0 Å². The summed E-state index contributed by atoms with van der Waals surface area (Å²) in [6, 6.07) is 12.0. The Balaban J connectivity index is 0.00000320. The van der Waals surface area contributed by atoms with E-state index >= 15 is 0 Å². The van der Waals surface area contributed by atoms with Gasteiger partial charge in [-0.05, 0) is 42.8 Å². The predicted octanol–water partition coefficient (Wildman–Crippen LogP) is 3.00. The van der Waals surface area contributed by atoms with Crippen LogP contribution < -0.4 is 15.5 Å². The third-order valence-electron chi connectivity index (χ3n) is 4.84. The molecule has 0 aliphatic carbocycles. The number of carbonyl (C=O) groups is 1. The molecule has 1 unspecified atom stereocenters. The normalized spacial score (nSPS) is 16.2. The molecule has 1 aliphatic rings. The summed E-state index contributed by atoms with van der Waals surface area (Å²) in [4.78, 5) is 20.3. The number of hydrogen-bond acceptors (Lipinski definition) is 4. The maximum Gasteiger partial charge on any atom is 0.243 e. The lowest BCUT2D eigenvalue weighted by Gasteiger charge is -2.21. The Kier molecular flexibility index (Phi) is 9.77. The van der Waals surface area contributed by atoms with Crippen molar-refractivity contribution in [2.24, 2.45) is 4.99 Å². The van der Waals surface area contributed by atoms with Gasteiger partial charge in [0.1, 0.15) is 12.3 Å². The number of nitrogens with zero attached hydrogens (tertiary/aromatic N) is 3. The van der Waals surface area contributed by atoms with Crippen molar-refractivity contribution in [1.82, 2.24) is 15.5 Å². The lowest BCUT2D eigenvalue weighted by molar-refractivity contribution is -0.127. The standard InChI is InChI=1S/C21H28ClN5O2.HI/c1-26(2)20(28)14-24-21(23-11-9-19-4-3-13-29-19)25-17-10-12-27(15-17)18-7-5-16(22)6-8-18;/h3-8,13,17H,9-12,14-15H2,1-2H3,(H2,23,24,25);1H. The zero-order valence-corrected chi connectivity index (χ0v) is 20.4. The topological polar surface area (TPSA) is 73.1 Å². The molecule has 1 aromatic heterocycles. The van der Waals surface area contributed by atoms with Gasteiger partial charge in [-0.15, -0.1) is 24.0 Å². The third kappa shape index (κ3) is 7.39. The molecule has 1 amide bonds. The van der Waals surface area contributed by atoms with E-state index in [1.54, 1.807) is 25.3 Å². The number of guanidine groups is 1. The van der Waals surface area contributed by atoms with Crippen LogP contribution in [0.15, 0.2) is 52.1 Å². The number of halogens is 2. The van der Waals surface area contributed by atoms with Gasteiger partial charge in [0.15, 0.2) is 5.96 Å². The first kappa shape index (κ1) is 24.3. The molecule has 1 saturated heterocycles. The van der Waals surface area contributed by atoms with Gasteiger partial charge in [-0.3, -0.25) is 4.79 Å². The van der Waals surface area contributed by atoms with E-state index in [0.717, 1.165) is 42.4 Å². The van der Waals surface area contributed by atoms with Crippen LogP contribution >= 0.6 is 35.6 Å². The van der Waals surface area contributed by atoms with Crippen molar-refractivity contribution in [3.63, 3.8) is 0 Å². The monoisotopic (exact) mass is 545 g/mol. The number of hydrogen-bond donors (Lipinski definition) is 2. The number of amides is 1. The Hall–Kier alpha value is -1.94. The Labute approximate surface area is 199 Å². The summed E-state index contributed by atoms with van der Waals surface area (Å²) in [5.41, 5.74) is 1.16. The van der Waals surface area contributed by atoms with Gasteiger partial charge >= 0.3 is 0 Å². The van der Waals surface area contributed by atoms with Gasteiger partial charge in [-0.2, -0.15) is 0 Å². The van der Waals surface area contributed by atoms with Gasteiger partial charge in [0.25, 0.3) is 0 Å². The molecule has 30 heavy (non-hydrogen) atoms. The van der Waals surface area contributed by atoms with E-state index in [9.17, 15) is 4.79 Å². The minimum Gasteiger partial charge on any atom is -0.469 e. The number of furan rings is 1. The van der Waals surface area contributed by atoms with E-state index in [1.807, 2.05) is 36.4 Å². The third-order valence-corrected chi connectivity index (χ3v) is 5.09. The van der Waals surface area contributed by atoms with E-state index in [-0.39, 0.29) is 42.5 Å². The fraction of sp³-hybridized carbons (Fsp3) is 0.429. The maximum absolute atomic E-state index is 11.9. The highest BCUT2D eigenvalue weighted by atomic mass is 127. The van der Waals surface area contributed by atoms with Crippen molar-refractivity contribution in [2.45, 2.75) is 18.9 Å². The number of rotatable bonds is 7. The van der Waals surface area contributed by atoms with Crippen LogP contribution in [0.3, 0.4) is 0 Å². The molecule has 1 aliphatic heterocycles. The zero-order chi connectivity index (χ0) is 20.6. The quantitative estimate of drug-likeness (QED) is 0.318. The second-order valence-corrected chi connectivity index (χ2v) is 7.70. The molecular formula is C21H29ClIN5O2. The number of anilines is 1. The lowest BCUT2D eigenvalue weighted by Crippen LogP contribution is -2.45. The smallest absolute Gasteiger partial charge is 0.243 e. The molecule has 0 bridgehead atoms. The van der Waals surface area contributed by atoms with Gasteiger partial charge in [-0.25, -0.2) is 4.99 Å². The van der Waals surface area contributed by atoms with Crippen LogP contribution in [0.2, 0.25) is 5.02 Å². The van der Waals surface area contributed by atoms with Crippen LogP contribution in [0.4, 0.5) is 5.69 Å². The summed E-state index contributed by atoms with van der Waals surface area (Å²) in [5.74, 6) is 1.53. The predicted molar refractivity (Wildman–Crippen MR) is 132 cm³/mol. The average molecular weight is 546 g/mol. The fourth-order valence-corrected chi connectivity index (χ4v) is 3.28. The van der Waals surface area contributed by atoms with E-state index in [4.69, 9.17) is 16.0 Å². The molecule has 0 saturated carbocycles. The summed E-state index contributed by atoms with van der Waals surface area (Å²) >= 11 is 5.99. The Morgan fingerprint density at radius 2 is 2.07 bits per heavy atom. The number of carbonyl (C=O) groups excluding carboxylic acids is 1. The number of likely N-dealkylation sites (N-methyl/N-ethyl adjacent to an activating group) is 1. The van der Waals surface area contributed by atoms with Gasteiger partial charge in [0.05, 0.1) is 6.26 Å². The van der Waals surface area contributed by atoms with Gasteiger partial charge in [-0.1, -0.05) is 11.6 Å². The van der Waals surface area contributed by atoms with Crippen molar-refractivity contribution in [3.8, 4) is 0 Å². The number of aliphatic imine (C=N–C) groups is 1. The minimum absolute atomic E-state index is 0. The molecule has 1 fully saturated rings. The van der Waals surface area contributed by atoms with Crippen molar-refractivity contribution < 1.29 is 9.21 Å². The molecule has 2 heterocycles. The highest BCUT2D eigenvalue weighted by molar-refractivity contribution is 14.0. The lowest BCUT2D eigenvalue weighted by atomic mass is 10.2. The second kappa shape index (κ2) is 12.0. The zero-order valence-electron chi connectivity index (χ0n) is 17.3. The van der Waals surface area contributed by atoms with Gasteiger partial charge < -0.3 is 24.9 Å². The Morgan fingerprint density at radius 3 is 2.73 bits per heavy atom. The van der Waals surface area contributed by atoms with Crippen LogP contribution in [-0.4, -0.2) is 63.1 Å². The SMILES string of the molecule is CN(C)C(=O)CN=C(NCCc1ccco1)NC1CCN(c2ccc(Cl)cc2)C1.I. The molecule has 164 valence electrons. The molecular weight excluding hydrogens is 517 g/mol. The minimum atomic E-state index is -0.0358. The Bertz CT molecular complexity index is 811. The van der Waals surface area contributed by atoms with E-state index in [2.05, 4.69) is 20.5 Å². The van der Waals surface area contributed by atoms with Crippen LogP contribution in [0.5, 0.6) is 0 Å². The summed E-state index contributed by atoms with van der Waals surface area (Å²) in [5, 5.41) is 7.52. The van der Waals surface area contributed by atoms with Gasteiger partial charge in [0.2, 0.25) is 5.91 Å². The van der Waals surface area contributed by atoms with Crippen molar-refractivity contribution >= 4 is 53.1 Å². The average Bonchev–Trinajstić information content (AvgIpc) is 3.38. The maximum atomic E-state index is 11.9. The van der Waals surface area contributed by atoms with Crippen LogP contribution in [0.1, 0.15) is 12.2 Å². The summed E-state index contributed by atoms with van der Waals surface area (Å²) < 4.78 is 5.37. The first-order chi connectivity index (χ1) is 14.0. The van der Waals surface area contributed by atoms with Crippen LogP contribution in [-0.2, 0) is 11.2 Å². The molecule has 7 nitrogen and oxygen atoms in total. The van der Waals surface area contributed by atoms with Crippen molar-refractivity contribution in [3.05, 3.63) is 53.4 Å². The van der Waals surface area contributed by atoms with Crippen molar-refractivity contribution in [1.29, 1.82) is 0 Å². The van der Waals surface area contributed by atoms with E-state index < -0.39 is 0 Å². The molecule has 2 N–H and O–H groups in total. The van der Waals surface area contributed by atoms with Gasteiger partial charge in [0, 0.05) is 56.9 Å². The molecule has 3 rings (SSSR count). The highest BCUT2D eigenvalue weighted by Gasteiger charge is 2.23. The fourth-order valence-electron chi connectivity index (χ4n) is 3.16. The first-order valence-electron chi connectivity index (χ1n) is 9.79. The Morgan fingerprint density at radius 1 is 1.30 bits per heavy atom. The molecule has 2 aromatic rings. The van der Waals surface area contributed by atoms with Crippen molar-refractivity contribution in [2.75, 3.05) is 45.2 Å². The number of nitrogens with one attached hydrogen (secondary N) is 2. The largest absolute Gasteiger partial charge is 0.469 e. The van der Waals surface area contributed by atoms with Crippen LogP contribution in [0.25, 0.3) is 0 Å². The summed E-state index contributed by atoms with van der Waals surface area (Å²) in [6.45, 7) is 2.59. The highest BCUT2D eigenvalue weighted by Crippen LogP contribution is 2.22. The molecule has 1 atom stereocenters. The first-order valence-corrected chi connectivity index (χ1v) is 10.2.